The Morgan fingerprint density at radius 2 is 1.89 bits per heavy atom. The Balaban J connectivity index is 2.62. The van der Waals surface area contributed by atoms with Crippen molar-refractivity contribution < 1.29 is 4.79 Å². The van der Waals surface area contributed by atoms with E-state index in [-0.39, 0.29) is 10.8 Å². The lowest BCUT2D eigenvalue weighted by molar-refractivity contribution is 0.112. The van der Waals surface area contributed by atoms with Crippen LogP contribution in [0.25, 0.3) is 11.1 Å². The fourth-order valence-corrected chi connectivity index (χ4v) is 2.13. The molecule has 0 unspecified atom stereocenters. The Morgan fingerprint density at radius 3 is 2.56 bits per heavy atom. The molecule has 6 heteroatoms. The molecule has 2 aromatic rings. The zero-order valence-corrected chi connectivity index (χ0v) is 11.2. The normalized spacial score (nSPS) is 10.4. The largest absolute Gasteiger partial charge is 0.383 e. The number of carbonyl (C=O) groups is 1. The van der Waals surface area contributed by atoms with E-state index in [0.29, 0.717) is 33.0 Å². The number of pyridine rings is 1. The van der Waals surface area contributed by atoms with Crippen LogP contribution in [0, 0.1) is 0 Å². The molecule has 0 saturated carbocycles. The highest BCUT2D eigenvalue weighted by atomic mass is 35.5. The summed E-state index contributed by atoms with van der Waals surface area (Å²) in [5.74, 6) is 0.171. The molecule has 1 heterocycles. The number of aromatic nitrogens is 1. The fraction of sp³-hybridized carbons (Fsp3) is 0. The van der Waals surface area contributed by atoms with Crippen molar-refractivity contribution in [2.75, 3.05) is 5.73 Å². The van der Waals surface area contributed by atoms with Gasteiger partial charge in [0.15, 0.2) is 6.29 Å². The van der Waals surface area contributed by atoms with Crippen molar-refractivity contribution in [3.8, 4) is 11.1 Å². The van der Waals surface area contributed by atoms with Gasteiger partial charge in [-0.1, -0.05) is 40.9 Å². The number of nitrogens with two attached hydrogens (primary N) is 1. The quantitative estimate of drug-likeness (QED) is 0.671. The van der Waals surface area contributed by atoms with Gasteiger partial charge in [-0.3, -0.25) is 4.79 Å². The molecule has 0 radical (unpaired) electrons. The highest BCUT2D eigenvalue weighted by Crippen LogP contribution is 2.38. The summed E-state index contributed by atoms with van der Waals surface area (Å²) < 4.78 is 0. The molecule has 0 aliphatic carbocycles. The molecule has 2 rings (SSSR count). The SMILES string of the molecule is Nc1ncc(-c2ccc(Cl)c(Cl)c2Cl)cc1C=O. The Labute approximate surface area is 118 Å². The molecule has 0 spiro atoms. The van der Waals surface area contributed by atoms with Crippen molar-refractivity contribution in [1.29, 1.82) is 0 Å². The lowest BCUT2D eigenvalue weighted by Gasteiger charge is -2.08. The second-order valence-electron chi connectivity index (χ2n) is 3.54. The van der Waals surface area contributed by atoms with Crippen LogP contribution in [-0.4, -0.2) is 11.3 Å². The summed E-state index contributed by atoms with van der Waals surface area (Å²) in [5.41, 5.74) is 7.14. The number of halogens is 3. The minimum absolute atomic E-state index is 0.171. The Hall–Kier alpha value is -1.29. The molecule has 0 atom stereocenters. The number of nitrogens with zero attached hydrogens (tertiary/aromatic N) is 1. The molecule has 2 N–H and O–H groups in total. The third-order valence-corrected chi connectivity index (χ3v) is 3.72. The van der Waals surface area contributed by atoms with E-state index >= 15 is 0 Å². The van der Waals surface area contributed by atoms with Crippen LogP contribution in [-0.2, 0) is 0 Å². The fourth-order valence-electron chi connectivity index (χ4n) is 1.48. The second-order valence-corrected chi connectivity index (χ2v) is 4.70. The van der Waals surface area contributed by atoms with Crippen molar-refractivity contribution >= 4 is 46.9 Å². The number of anilines is 1. The van der Waals surface area contributed by atoms with E-state index in [1.807, 2.05) is 0 Å². The number of hydrogen-bond acceptors (Lipinski definition) is 3. The maximum absolute atomic E-state index is 10.8. The first-order valence-corrected chi connectivity index (χ1v) is 6.02. The van der Waals surface area contributed by atoms with E-state index in [9.17, 15) is 4.79 Å². The van der Waals surface area contributed by atoms with Gasteiger partial charge < -0.3 is 5.73 Å². The average molecular weight is 302 g/mol. The predicted molar refractivity (Wildman–Crippen MR) is 74.5 cm³/mol. The molecule has 3 nitrogen and oxygen atoms in total. The van der Waals surface area contributed by atoms with Gasteiger partial charge in [0.1, 0.15) is 5.82 Å². The van der Waals surface area contributed by atoms with Gasteiger partial charge in [-0.15, -0.1) is 0 Å². The standard InChI is InChI=1S/C12H7Cl3N2O/c13-9-2-1-8(10(14)11(9)15)6-3-7(5-18)12(16)17-4-6/h1-5H,(H2,16,17). The van der Waals surface area contributed by atoms with Gasteiger partial charge in [0.25, 0.3) is 0 Å². The summed E-state index contributed by atoms with van der Waals surface area (Å²) in [6.07, 6.45) is 2.16. The van der Waals surface area contributed by atoms with Crippen LogP contribution in [0.15, 0.2) is 24.4 Å². The molecule has 0 aliphatic rings. The zero-order chi connectivity index (χ0) is 13.3. The van der Waals surface area contributed by atoms with Crippen molar-refractivity contribution in [2.45, 2.75) is 0 Å². The minimum atomic E-state index is 0.171. The Bertz CT molecular complexity index is 629. The molecule has 1 aromatic carbocycles. The van der Waals surface area contributed by atoms with Gasteiger partial charge in [-0.2, -0.15) is 0 Å². The van der Waals surface area contributed by atoms with E-state index in [2.05, 4.69) is 4.98 Å². The van der Waals surface area contributed by atoms with Gasteiger partial charge in [0.05, 0.1) is 20.6 Å². The summed E-state index contributed by atoms with van der Waals surface area (Å²) in [5, 5.41) is 0.942. The average Bonchev–Trinajstić information content (AvgIpc) is 2.37. The lowest BCUT2D eigenvalue weighted by Crippen LogP contribution is -1.97. The Morgan fingerprint density at radius 1 is 1.17 bits per heavy atom. The van der Waals surface area contributed by atoms with Crippen LogP contribution in [0.4, 0.5) is 5.82 Å². The maximum Gasteiger partial charge on any atom is 0.153 e. The number of benzene rings is 1. The van der Waals surface area contributed by atoms with Crippen LogP contribution in [0.1, 0.15) is 10.4 Å². The molecular weight excluding hydrogens is 295 g/mol. The molecular formula is C12H7Cl3N2O. The van der Waals surface area contributed by atoms with Crippen LogP contribution in [0.3, 0.4) is 0 Å². The van der Waals surface area contributed by atoms with Gasteiger partial charge in [-0.05, 0) is 12.1 Å². The summed E-state index contributed by atoms with van der Waals surface area (Å²) >= 11 is 17.9. The Kier molecular flexibility index (Phi) is 3.76. The number of aldehydes is 1. The van der Waals surface area contributed by atoms with E-state index in [1.54, 1.807) is 18.2 Å². The summed E-state index contributed by atoms with van der Waals surface area (Å²) in [6.45, 7) is 0. The van der Waals surface area contributed by atoms with Crippen LogP contribution in [0.5, 0.6) is 0 Å². The number of hydrogen-bond donors (Lipinski definition) is 1. The first-order valence-electron chi connectivity index (χ1n) is 4.89. The highest BCUT2D eigenvalue weighted by Gasteiger charge is 2.12. The van der Waals surface area contributed by atoms with E-state index < -0.39 is 0 Å². The van der Waals surface area contributed by atoms with Gasteiger partial charge in [0, 0.05) is 17.3 Å². The van der Waals surface area contributed by atoms with E-state index in [1.165, 1.54) is 6.20 Å². The van der Waals surface area contributed by atoms with Crippen molar-refractivity contribution in [2.24, 2.45) is 0 Å². The van der Waals surface area contributed by atoms with Crippen LogP contribution < -0.4 is 5.73 Å². The molecule has 18 heavy (non-hydrogen) atoms. The predicted octanol–water partition coefficient (Wildman–Crippen LogP) is 4.10. The third kappa shape index (κ3) is 2.29. The third-order valence-electron chi connectivity index (χ3n) is 2.42. The highest BCUT2D eigenvalue weighted by molar-refractivity contribution is 6.49. The van der Waals surface area contributed by atoms with Crippen LogP contribution in [0.2, 0.25) is 15.1 Å². The first-order chi connectivity index (χ1) is 8.54. The minimum Gasteiger partial charge on any atom is -0.383 e. The first kappa shape index (κ1) is 13.1. The zero-order valence-electron chi connectivity index (χ0n) is 8.95. The van der Waals surface area contributed by atoms with Gasteiger partial charge in [-0.25, -0.2) is 4.98 Å². The van der Waals surface area contributed by atoms with Gasteiger partial charge in [0.2, 0.25) is 0 Å². The molecule has 0 aliphatic heterocycles. The van der Waals surface area contributed by atoms with Gasteiger partial charge >= 0.3 is 0 Å². The monoisotopic (exact) mass is 300 g/mol. The van der Waals surface area contributed by atoms with E-state index in [4.69, 9.17) is 40.5 Å². The number of rotatable bonds is 2. The van der Waals surface area contributed by atoms with Crippen molar-refractivity contribution in [1.82, 2.24) is 4.98 Å². The summed E-state index contributed by atoms with van der Waals surface area (Å²) in [7, 11) is 0. The molecule has 92 valence electrons. The molecule has 1 aromatic heterocycles. The molecule has 0 fully saturated rings. The smallest absolute Gasteiger partial charge is 0.153 e. The summed E-state index contributed by atoms with van der Waals surface area (Å²) in [6, 6.07) is 4.93. The van der Waals surface area contributed by atoms with Crippen molar-refractivity contribution in [3.63, 3.8) is 0 Å². The summed E-state index contributed by atoms with van der Waals surface area (Å²) in [4.78, 5) is 14.7. The molecule has 0 bridgehead atoms. The van der Waals surface area contributed by atoms with Crippen LogP contribution >= 0.6 is 34.8 Å². The van der Waals surface area contributed by atoms with Crippen molar-refractivity contribution in [3.05, 3.63) is 45.0 Å². The lowest BCUT2D eigenvalue weighted by atomic mass is 10.1. The molecule has 0 amide bonds. The van der Waals surface area contributed by atoms with E-state index in [0.717, 1.165) is 0 Å². The maximum atomic E-state index is 10.8. The molecule has 0 saturated heterocycles. The number of nitrogen functional groups attached to an aromatic ring is 1. The second kappa shape index (κ2) is 5.14. The number of carbonyl (C=O) groups excluding carboxylic acids is 1. The topological polar surface area (TPSA) is 56.0 Å².